The number of amides is 1. The van der Waals surface area contributed by atoms with Crippen LogP contribution in [-0.4, -0.2) is 43.4 Å². The molecule has 0 aliphatic carbocycles. The normalized spacial score (nSPS) is 10.7. The van der Waals surface area contributed by atoms with Gasteiger partial charge in [-0.2, -0.15) is 5.06 Å². The maximum atomic E-state index is 11.7. The van der Waals surface area contributed by atoms with E-state index in [0.29, 0.717) is 12.1 Å². The molecular formula is C12H18N2O4. The standard InChI is InChI=1S/C12H18N2O4/c1-14(17-2)9-10-4-3-5-11(8-10)12(16)13-18-7-6-15/h3-5,8,15H,6-7,9H2,1-2H3,(H,13,16). The van der Waals surface area contributed by atoms with Crippen LogP contribution in [0.4, 0.5) is 0 Å². The molecule has 0 atom stereocenters. The number of carbonyl (C=O) groups is 1. The van der Waals surface area contributed by atoms with E-state index in [4.69, 9.17) is 14.8 Å². The van der Waals surface area contributed by atoms with Crippen LogP contribution in [0.25, 0.3) is 0 Å². The molecule has 0 heterocycles. The van der Waals surface area contributed by atoms with Crippen LogP contribution >= 0.6 is 0 Å². The predicted octanol–water partition coefficient (Wildman–Crippen LogP) is 0.333. The molecule has 6 heteroatoms. The van der Waals surface area contributed by atoms with E-state index >= 15 is 0 Å². The van der Waals surface area contributed by atoms with Crippen molar-refractivity contribution in [3.05, 3.63) is 35.4 Å². The summed E-state index contributed by atoms with van der Waals surface area (Å²) in [5.74, 6) is -0.342. The van der Waals surface area contributed by atoms with E-state index in [1.54, 1.807) is 37.4 Å². The first-order chi connectivity index (χ1) is 8.67. The number of rotatable bonds is 7. The van der Waals surface area contributed by atoms with Gasteiger partial charge in [-0.25, -0.2) is 5.48 Å². The molecular weight excluding hydrogens is 236 g/mol. The molecule has 0 saturated heterocycles. The number of benzene rings is 1. The Hall–Kier alpha value is -1.47. The highest BCUT2D eigenvalue weighted by atomic mass is 16.7. The van der Waals surface area contributed by atoms with Crippen LogP contribution in [0.1, 0.15) is 15.9 Å². The Balaban J connectivity index is 2.60. The lowest BCUT2D eigenvalue weighted by atomic mass is 10.1. The highest BCUT2D eigenvalue weighted by Gasteiger charge is 2.07. The lowest BCUT2D eigenvalue weighted by molar-refractivity contribution is -0.116. The predicted molar refractivity (Wildman–Crippen MR) is 65.4 cm³/mol. The van der Waals surface area contributed by atoms with Crippen molar-refractivity contribution in [1.82, 2.24) is 10.5 Å². The van der Waals surface area contributed by atoms with Crippen LogP contribution in [0.15, 0.2) is 24.3 Å². The molecule has 1 aromatic carbocycles. The summed E-state index contributed by atoms with van der Waals surface area (Å²) < 4.78 is 0. The second kappa shape index (κ2) is 7.78. The SMILES string of the molecule is CON(C)Cc1cccc(C(=O)NOCCO)c1. The largest absolute Gasteiger partial charge is 0.394 e. The van der Waals surface area contributed by atoms with Gasteiger partial charge in [0.2, 0.25) is 0 Å². The second-order valence-corrected chi connectivity index (χ2v) is 3.67. The Morgan fingerprint density at radius 1 is 1.50 bits per heavy atom. The van der Waals surface area contributed by atoms with Gasteiger partial charge in [-0.1, -0.05) is 12.1 Å². The third kappa shape index (κ3) is 4.80. The van der Waals surface area contributed by atoms with Gasteiger partial charge < -0.3 is 9.94 Å². The highest BCUT2D eigenvalue weighted by molar-refractivity contribution is 5.93. The summed E-state index contributed by atoms with van der Waals surface area (Å²) in [5, 5.41) is 10.2. The van der Waals surface area contributed by atoms with Gasteiger partial charge in [-0.3, -0.25) is 9.63 Å². The molecule has 0 spiro atoms. The van der Waals surface area contributed by atoms with Crippen molar-refractivity contribution in [1.29, 1.82) is 0 Å². The zero-order valence-electron chi connectivity index (χ0n) is 10.5. The molecule has 0 unspecified atom stereocenters. The van der Waals surface area contributed by atoms with E-state index in [1.165, 1.54) is 0 Å². The molecule has 1 rings (SSSR count). The molecule has 0 radical (unpaired) electrons. The van der Waals surface area contributed by atoms with Gasteiger partial charge >= 0.3 is 0 Å². The molecule has 0 bridgehead atoms. The number of hydrogen-bond acceptors (Lipinski definition) is 5. The van der Waals surface area contributed by atoms with Gasteiger partial charge in [0, 0.05) is 19.2 Å². The minimum Gasteiger partial charge on any atom is -0.394 e. The maximum absolute atomic E-state index is 11.7. The van der Waals surface area contributed by atoms with Gasteiger partial charge in [0.1, 0.15) is 0 Å². The van der Waals surface area contributed by atoms with E-state index in [9.17, 15) is 4.79 Å². The second-order valence-electron chi connectivity index (χ2n) is 3.67. The smallest absolute Gasteiger partial charge is 0.274 e. The molecule has 0 aliphatic rings. The van der Waals surface area contributed by atoms with Gasteiger partial charge in [0.15, 0.2) is 0 Å². The van der Waals surface area contributed by atoms with Crippen molar-refractivity contribution in [2.24, 2.45) is 0 Å². The van der Waals surface area contributed by atoms with Gasteiger partial charge in [0.25, 0.3) is 5.91 Å². The summed E-state index contributed by atoms with van der Waals surface area (Å²) in [5.41, 5.74) is 3.70. The van der Waals surface area contributed by atoms with E-state index < -0.39 is 0 Å². The average Bonchev–Trinajstić information content (AvgIpc) is 2.39. The Labute approximate surface area is 106 Å². The van der Waals surface area contributed by atoms with E-state index in [2.05, 4.69) is 5.48 Å². The number of aliphatic hydroxyl groups excluding tert-OH is 1. The number of nitrogens with one attached hydrogen (secondary N) is 1. The summed E-state index contributed by atoms with van der Waals surface area (Å²) in [4.78, 5) is 21.4. The summed E-state index contributed by atoms with van der Waals surface area (Å²) in [6, 6.07) is 7.14. The highest BCUT2D eigenvalue weighted by Crippen LogP contribution is 2.07. The van der Waals surface area contributed by atoms with Crippen LogP contribution in [-0.2, 0) is 16.2 Å². The molecule has 2 N–H and O–H groups in total. The zero-order valence-corrected chi connectivity index (χ0v) is 10.5. The molecule has 18 heavy (non-hydrogen) atoms. The molecule has 1 aromatic rings. The average molecular weight is 254 g/mol. The van der Waals surface area contributed by atoms with Crippen LogP contribution in [0.5, 0.6) is 0 Å². The maximum Gasteiger partial charge on any atom is 0.274 e. The van der Waals surface area contributed by atoms with Crippen molar-refractivity contribution in [3.63, 3.8) is 0 Å². The molecule has 0 saturated carbocycles. The van der Waals surface area contributed by atoms with Crippen LogP contribution in [0.3, 0.4) is 0 Å². The zero-order chi connectivity index (χ0) is 13.4. The third-order valence-electron chi connectivity index (χ3n) is 2.26. The van der Waals surface area contributed by atoms with E-state index in [-0.39, 0.29) is 19.1 Å². The van der Waals surface area contributed by atoms with Crippen molar-refractivity contribution < 1.29 is 19.6 Å². The van der Waals surface area contributed by atoms with Crippen molar-refractivity contribution in [2.45, 2.75) is 6.54 Å². The summed E-state index contributed by atoms with van der Waals surface area (Å²) >= 11 is 0. The fourth-order valence-corrected chi connectivity index (χ4v) is 1.35. The molecule has 0 fully saturated rings. The lowest BCUT2D eigenvalue weighted by Gasteiger charge is -2.13. The van der Waals surface area contributed by atoms with Crippen LogP contribution in [0, 0.1) is 0 Å². The summed E-state index contributed by atoms with van der Waals surface area (Å²) in [6.45, 7) is 0.506. The number of nitrogens with zero attached hydrogens (tertiary/aromatic N) is 1. The number of carbonyl (C=O) groups excluding carboxylic acids is 1. The number of hydrogen-bond donors (Lipinski definition) is 2. The van der Waals surface area contributed by atoms with Crippen molar-refractivity contribution in [2.75, 3.05) is 27.4 Å². The first-order valence-corrected chi connectivity index (χ1v) is 5.54. The van der Waals surface area contributed by atoms with Crippen molar-refractivity contribution >= 4 is 5.91 Å². The Morgan fingerprint density at radius 3 is 2.94 bits per heavy atom. The van der Waals surface area contributed by atoms with Crippen molar-refractivity contribution in [3.8, 4) is 0 Å². The summed E-state index contributed by atoms with van der Waals surface area (Å²) in [7, 11) is 3.39. The Kier molecular flexibility index (Phi) is 6.31. The minimum absolute atomic E-state index is 0.0673. The number of hydroxylamine groups is 3. The minimum atomic E-state index is -0.342. The topological polar surface area (TPSA) is 71.0 Å². The lowest BCUT2D eigenvalue weighted by Crippen LogP contribution is -2.25. The summed E-state index contributed by atoms with van der Waals surface area (Å²) in [6.07, 6.45) is 0. The van der Waals surface area contributed by atoms with Crippen LogP contribution < -0.4 is 5.48 Å². The van der Waals surface area contributed by atoms with Crippen LogP contribution in [0.2, 0.25) is 0 Å². The van der Waals surface area contributed by atoms with E-state index in [0.717, 1.165) is 5.56 Å². The first kappa shape index (κ1) is 14.6. The number of aliphatic hydroxyl groups is 1. The van der Waals surface area contributed by atoms with Gasteiger partial charge in [0.05, 0.1) is 20.3 Å². The Morgan fingerprint density at radius 2 is 2.28 bits per heavy atom. The fourth-order valence-electron chi connectivity index (χ4n) is 1.35. The monoisotopic (exact) mass is 254 g/mol. The quantitative estimate of drug-likeness (QED) is 0.542. The fraction of sp³-hybridized carbons (Fsp3) is 0.417. The molecule has 1 amide bonds. The molecule has 0 aromatic heterocycles. The van der Waals surface area contributed by atoms with E-state index in [1.807, 2.05) is 6.07 Å². The molecule has 100 valence electrons. The third-order valence-corrected chi connectivity index (χ3v) is 2.26. The Bertz CT molecular complexity index is 384. The molecule has 6 nitrogen and oxygen atoms in total. The first-order valence-electron chi connectivity index (χ1n) is 5.54. The van der Waals surface area contributed by atoms with Gasteiger partial charge in [-0.15, -0.1) is 0 Å². The molecule has 0 aliphatic heterocycles. The van der Waals surface area contributed by atoms with Gasteiger partial charge in [-0.05, 0) is 17.7 Å².